The monoisotopic (exact) mass is 691 g/mol. The van der Waals surface area contributed by atoms with Crippen molar-refractivity contribution in [2.24, 2.45) is 11.1 Å². The third kappa shape index (κ3) is 5.97. The summed E-state index contributed by atoms with van der Waals surface area (Å²) in [7, 11) is 0. The lowest BCUT2D eigenvalue weighted by atomic mass is 9.73. The molecule has 5 heterocycles. The van der Waals surface area contributed by atoms with Crippen molar-refractivity contribution < 1.29 is 13.5 Å². The second-order valence-electron chi connectivity index (χ2n) is 12.8. The van der Waals surface area contributed by atoms with Gasteiger partial charge in [0.05, 0.1) is 47.5 Å². The van der Waals surface area contributed by atoms with E-state index < -0.39 is 11.6 Å². The third-order valence-electron chi connectivity index (χ3n) is 9.43. The van der Waals surface area contributed by atoms with Gasteiger partial charge in [-0.05, 0) is 64.8 Å². The molecule has 3 aromatic heterocycles. The van der Waals surface area contributed by atoms with Crippen molar-refractivity contribution in [3.63, 3.8) is 0 Å². The molecule has 2 aromatic carbocycles. The number of benzene rings is 2. The summed E-state index contributed by atoms with van der Waals surface area (Å²) in [6, 6.07) is 8.52. The molecule has 3 N–H and O–H groups in total. The smallest absolute Gasteiger partial charge is 0.227 e. The van der Waals surface area contributed by atoms with Gasteiger partial charge in [-0.3, -0.25) is 0 Å². The van der Waals surface area contributed by atoms with Crippen LogP contribution in [0.3, 0.4) is 0 Å². The number of anilines is 3. The highest BCUT2D eigenvalue weighted by atomic mass is 35.5. The normalized spacial score (nSPS) is 19.1. The van der Waals surface area contributed by atoms with Crippen LogP contribution in [-0.4, -0.2) is 61.3 Å². The summed E-state index contributed by atoms with van der Waals surface area (Å²) in [5.41, 5.74) is 8.07. The van der Waals surface area contributed by atoms with Crippen molar-refractivity contribution in [2.45, 2.75) is 68.6 Å². The van der Waals surface area contributed by atoms with E-state index >= 15 is 8.78 Å². The zero-order valence-corrected chi connectivity index (χ0v) is 28.6. The van der Waals surface area contributed by atoms with Gasteiger partial charge >= 0.3 is 0 Å². The van der Waals surface area contributed by atoms with E-state index in [0.717, 1.165) is 49.4 Å². The molecular weight excluding hydrogens is 656 g/mol. The molecule has 10 nitrogen and oxygen atoms in total. The van der Waals surface area contributed by atoms with Crippen LogP contribution in [0.2, 0.25) is 5.02 Å². The third-order valence-corrected chi connectivity index (χ3v) is 10.9. The summed E-state index contributed by atoms with van der Waals surface area (Å²) in [5, 5.41) is 4.19. The number of imidazole rings is 1. The number of aryl methyl sites for hydroxylation is 1. The zero-order valence-electron chi connectivity index (χ0n) is 27.0. The number of ether oxygens (including phenoxy) is 1. The number of nitrogens with two attached hydrogens (primary N) is 1. The average molecular weight is 692 g/mol. The Labute approximate surface area is 286 Å². The van der Waals surface area contributed by atoms with Gasteiger partial charge in [0.1, 0.15) is 27.9 Å². The van der Waals surface area contributed by atoms with Crippen molar-refractivity contribution in [1.29, 1.82) is 0 Å². The summed E-state index contributed by atoms with van der Waals surface area (Å²) < 4.78 is 38.0. The van der Waals surface area contributed by atoms with Gasteiger partial charge in [-0.1, -0.05) is 29.4 Å². The van der Waals surface area contributed by atoms with Gasteiger partial charge < -0.3 is 25.3 Å². The van der Waals surface area contributed by atoms with E-state index in [1.165, 1.54) is 17.8 Å². The van der Waals surface area contributed by atoms with Crippen LogP contribution in [0.15, 0.2) is 58.8 Å². The van der Waals surface area contributed by atoms with Crippen LogP contribution in [0.4, 0.5) is 26.2 Å². The van der Waals surface area contributed by atoms with Crippen LogP contribution in [-0.2, 0) is 4.74 Å². The van der Waals surface area contributed by atoms with Crippen LogP contribution < -0.4 is 16.0 Å². The molecule has 2 fully saturated rings. The molecule has 0 unspecified atom stereocenters. The van der Waals surface area contributed by atoms with Crippen LogP contribution >= 0.6 is 23.4 Å². The first kappa shape index (κ1) is 32.6. The Morgan fingerprint density at radius 2 is 1.85 bits per heavy atom. The van der Waals surface area contributed by atoms with Crippen LogP contribution in [0, 0.1) is 24.0 Å². The Hall–Kier alpha value is -3.91. The van der Waals surface area contributed by atoms with Gasteiger partial charge in [0.25, 0.3) is 0 Å². The maximum absolute atomic E-state index is 15.1. The first-order valence-corrected chi connectivity index (χ1v) is 17.1. The number of piperidine rings is 1. The molecule has 5 aromatic rings. The van der Waals surface area contributed by atoms with Crippen LogP contribution in [0.5, 0.6) is 0 Å². The minimum atomic E-state index is -0.682. The van der Waals surface area contributed by atoms with Crippen LogP contribution in [0.25, 0.3) is 22.3 Å². The van der Waals surface area contributed by atoms with Crippen molar-refractivity contribution >= 4 is 51.8 Å². The second kappa shape index (κ2) is 12.8. The Morgan fingerprint density at radius 3 is 2.54 bits per heavy atom. The molecule has 7 rings (SSSR count). The Kier molecular flexibility index (Phi) is 8.73. The summed E-state index contributed by atoms with van der Waals surface area (Å²) in [5.74, 6) is 0.370. The molecule has 0 bridgehead atoms. The molecule has 0 saturated carbocycles. The standard InChI is InChI=1S/C34H36ClF2N9OS/c1-18(2)46-20(4)42-31-22(36)12-21(13-25(31)46)30-23(37)14-41-33(44-30)43-24-6-5-7-26(29(24)35)48-28-16-39-27(15-40-28)45-10-8-34(9-11-45)17-47-19(3)32(34)38/h5-7,12-16,18-19,32H,8-11,17,38H2,1-4H3,(H,41,43,44)/t19-,32+/m0/s1. The van der Waals surface area contributed by atoms with Crippen molar-refractivity contribution in [1.82, 2.24) is 29.5 Å². The molecule has 0 aliphatic carbocycles. The van der Waals surface area contributed by atoms with E-state index in [0.29, 0.717) is 27.1 Å². The van der Waals surface area contributed by atoms with E-state index in [2.05, 4.69) is 42.1 Å². The largest absolute Gasteiger partial charge is 0.376 e. The number of hydrogen-bond acceptors (Lipinski definition) is 10. The summed E-state index contributed by atoms with van der Waals surface area (Å²) in [6.07, 6.45) is 6.59. The molecule has 2 aliphatic heterocycles. The highest BCUT2D eigenvalue weighted by Crippen LogP contribution is 2.42. The lowest BCUT2D eigenvalue weighted by Crippen LogP contribution is -2.50. The van der Waals surface area contributed by atoms with Gasteiger partial charge in [0.2, 0.25) is 5.95 Å². The fraction of sp³-hybridized carbons (Fsp3) is 0.382. The fourth-order valence-electron chi connectivity index (χ4n) is 6.79. The Balaban J connectivity index is 1.07. The van der Waals surface area contributed by atoms with Crippen molar-refractivity contribution in [2.75, 3.05) is 29.9 Å². The summed E-state index contributed by atoms with van der Waals surface area (Å²) in [4.78, 5) is 25.2. The van der Waals surface area contributed by atoms with Gasteiger partial charge in [0, 0.05) is 41.0 Å². The summed E-state index contributed by atoms with van der Waals surface area (Å²) in [6.45, 7) is 10.3. The maximum Gasteiger partial charge on any atom is 0.227 e. The molecule has 2 aliphatic rings. The molecule has 2 atom stereocenters. The number of nitrogens with zero attached hydrogens (tertiary/aromatic N) is 7. The zero-order chi connectivity index (χ0) is 33.7. The lowest BCUT2D eigenvalue weighted by molar-refractivity contribution is 0.0974. The number of aromatic nitrogens is 6. The molecule has 14 heteroatoms. The first-order valence-electron chi connectivity index (χ1n) is 15.9. The maximum atomic E-state index is 15.1. The minimum absolute atomic E-state index is 0.0344. The highest BCUT2D eigenvalue weighted by molar-refractivity contribution is 7.99. The topological polar surface area (TPSA) is 120 Å². The van der Waals surface area contributed by atoms with E-state index in [9.17, 15) is 0 Å². The predicted octanol–water partition coefficient (Wildman–Crippen LogP) is 7.33. The fourth-order valence-corrected chi connectivity index (χ4v) is 7.86. The second-order valence-corrected chi connectivity index (χ2v) is 14.2. The predicted molar refractivity (Wildman–Crippen MR) is 184 cm³/mol. The Morgan fingerprint density at radius 1 is 1.06 bits per heavy atom. The Bertz CT molecular complexity index is 1980. The number of halogens is 3. The molecule has 2 saturated heterocycles. The molecular formula is C34H36ClF2N9OS. The van der Waals surface area contributed by atoms with E-state index in [-0.39, 0.29) is 46.3 Å². The number of fused-ring (bicyclic) bond motifs is 1. The lowest BCUT2D eigenvalue weighted by Gasteiger charge is -2.41. The van der Waals surface area contributed by atoms with E-state index in [1.807, 2.05) is 37.5 Å². The quantitative estimate of drug-likeness (QED) is 0.180. The SMILES string of the molecule is Cc1nc2c(F)cc(-c3nc(Nc4cccc(Sc5cnc(N6CCC7(CC6)CO[C@@H](C)[C@H]7N)cn5)c4Cl)ncc3F)cc2n1C(C)C. The van der Waals surface area contributed by atoms with Gasteiger partial charge in [-0.25, -0.2) is 33.7 Å². The highest BCUT2D eigenvalue weighted by Gasteiger charge is 2.47. The van der Waals surface area contributed by atoms with Gasteiger partial charge in [-0.2, -0.15) is 0 Å². The van der Waals surface area contributed by atoms with Crippen molar-refractivity contribution in [3.8, 4) is 11.3 Å². The summed E-state index contributed by atoms with van der Waals surface area (Å²) >= 11 is 8.19. The molecule has 0 amide bonds. The molecule has 0 radical (unpaired) electrons. The minimum Gasteiger partial charge on any atom is -0.376 e. The molecule has 250 valence electrons. The van der Waals surface area contributed by atoms with Gasteiger partial charge in [0.15, 0.2) is 11.6 Å². The van der Waals surface area contributed by atoms with Gasteiger partial charge in [-0.15, -0.1) is 0 Å². The molecule has 48 heavy (non-hydrogen) atoms. The number of hydrogen-bond donors (Lipinski definition) is 2. The van der Waals surface area contributed by atoms with E-state index in [1.54, 1.807) is 24.5 Å². The number of nitrogens with one attached hydrogen (secondary N) is 1. The van der Waals surface area contributed by atoms with Crippen LogP contribution in [0.1, 0.15) is 45.5 Å². The first-order chi connectivity index (χ1) is 23.0. The van der Waals surface area contributed by atoms with E-state index in [4.69, 9.17) is 22.1 Å². The van der Waals surface area contributed by atoms with Crippen molar-refractivity contribution in [3.05, 3.63) is 71.4 Å². The average Bonchev–Trinajstić information content (AvgIpc) is 3.56. The molecule has 1 spiro atoms. The number of rotatable bonds is 7.